The van der Waals surface area contributed by atoms with E-state index in [0.29, 0.717) is 11.7 Å². The van der Waals surface area contributed by atoms with E-state index in [2.05, 4.69) is 26.9 Å². The van der Waals surface area contributed by atoms with Gasteiger partial charge < -0.3 is 5.32 Å². The van der Waals surface area contributed by atoms with Gasteiger partial charge in [-0.2, -0.15) is 0 Å². The third kappa shape index (κ3) is 4.90. The van der Waals surface area contributed by atoms with Crippen molar-refractivity contribution in [3.63, 3.8) is 0 Å². The molecule has 0 atom stereocenters. The third-order valence-electron chi connectivity index (χ3n) is 3.51. The summed E-state index contributed by atoms with van der Waals surface area (Å²) in [5, 5.41) is 15.3. The summed E-state index contributed by atoms with van der Waals surface area (Å²) < 4.78 is 1.70. The zero-order valence-electron chi connectivity index (χ0n) is 14.1. The van der Waals surface area contributed by atoms with Crippen LogP contribution in [0.3, 0.4) is 0 Å². The van der Waals surface area contributed by atoms with E-state index in [-0.39, 0.29) is 11.7 Å². The van der Waals surface area contributed by atoms with Gasteiger partial charge in [-0.1, -0.05) is 48.2 Å². The molecule has 25 heavy (non-hydrogen) atoms. The maximum atomic E-state index is 12.2. The van der Waals surface area contributed by atoms with Gasteiger partial charge in [-0.05, 0) is 53.1 Å². The molecular weight excluding hydrogens is 334 g/mol. The summed E-state index contributed by atoms with van der Waals surface area (Å²) in [5.74, 6) is 0.173. The number of thioether (sulfide) groups is 1. The highest BCUT2D eigenvalue weighted by Crippen LogP contribution is 2.17. The van der Waals surface area contributed by atoms with E-state index < -0.39 is 0 Å². The Hall–Kier alpha value is -2.67. The Morgan fingerprint density at radius 2 is 1.84 bits per heavy atom. The van der Waals surface area contributed by atoms with E-state index in [4.69, 9.17) is 0 Å². The Labute approximate surface area is 150 Å². The lowest BCUT2D eigenvalue weighted by atomic mass is 10.1. The van der Waals surface area contributed by atoms with Gasteiger partial charge in [0.05, 0.1) is 12.3 Å². The first-order valence-corrected chi connectivity index (χ1v) is 8.90. The predicted molar refractivity (Wildman–Crippen MR) is 98.6 cm³/mol. The molecule has 3 aromatic rings. The molecule has 6 nitrogen and oxygen atoms in total. The van der Waals surface area contributed by atoms with Crippen molar-refractivity contribution in [3.05, 3.63) is 65.2 Å². The second kappa shape index (κ2) is 7.94. The maximum absolute atomic E-state index is 12.2. The molecule has 1 amide bonds. The van der Waals surface area contributed by atoms with Crippen molar-refractivity contribution >= 4 is 23.4 Å². The highest BCUT2D eigenvalue weighted by molar-refractivity contribution is 7.99. The summed E-state index contributed by atoms with van der Waals surface area (Å²) in [6.07, 6.45) is 0. The summed E-state index contributed by atoms with van der Waals surface area (Å²) in [7, 11) is 0. The van der Waals surface area contributed by atoms with Crippen LogP contribution in [0.4, 0.5) is 5.69 Å². The number of nitrogens with one attached hydrogen (secondary N) is 1. The molecule has 0 spiro atoms. The molecule has 0 saturated carbocycles. The fraction of sp³-hybridized carbons (Fsp3) is 0.222. The number of benzene rings is 2. The number of aryl methyl sites for hydroxylation is 2. The first-order chi connectivity index (χ1) is 12.1. The van der Waals surface area contributed by atoms with E-state index in [1.54, 1.807) is 4.68 Å². The molecular formula is C18H19N5OS. The number of aromatic nitrogens is 4. The van der Waals surface area contributed by atoms with Gasteiger partial charge in [0.2, 0.25) is 11.1 Å². The third-order valence-corrected chi connectivity index (χ3v) is 4.47. The average Bonchev–Trinajstić information content (AvgIpc) is 3.00. The Morgan fingerprint density at radius 1 is 1.12 bits per heavy atom. The van der Waals surface area contributed by atoms with Crippen molar-refractivity contribution in [2.45, 2.75) is 25.5 Å². The molecule has 0 aliphatic carbocycles. The quantitative estimate of drug-likeness (QED) is 0.690. The molecule has 1 aromatic heterocycles. The van der Waals surface area contributed by atoms with Crippen LogP contribution in [-0.2, 0) is 11.3 Å². The molecule has 1 N–H and O–H groups in total. The molecule has 0 fully saturated rings. The lowest BCUT2D eigenvalue weighted by Gasteiger charge is -2.08. The van der Waals surface area contributed by atoms with E-state index in [1.165, 1.54) is 11.8 Å². The fourth-order valence-corrected chi connectivity index (χ4v) is 3.21. The SMILES string of the molecule is Cc1cc(C)cc(NC(=O)CSc2nnnn2Cc2ccccc2)c1. The number of hydrogen-bond donors (Lipinski definition) is 1. The summed E-state index contributed by atoms with van der Waals surface area (Å²) in [6.45, 7) is 4.60. The van der Waals surface area contributed by atoms with Crippen LogP contribution < -0.4 is 5.32 Å². The number of carbonyl (C=O) groups is 1. The first kappa shape index (κ1) is 17.2. The van der Waals surface area contributed by atoms with Crippen LogP contribution in [0.1, 0.15) is 16.7 Å². The summed E-state index contributed by atoms with van der Waals surface area (Å²) in [5.41, 5.74) is 4.16. The zero-order chi connectivity index (χ0) is 17.6. The van der Waals surface area contributed by atoms with Crippen LogP contribution in [0.2, 0.25) is 0 Å². The Balaban J connectivity index is 1.58. The summed E-state index contributed by atoms with van der Waals surface area (Å²) in [4.78, 5) is 12.2. The highest BCUT2D eigenvalue weighted by Gasteiger charge is 2.11. The van der Waals surface area contributed by atoms with Crippen LogP contribution >= 0.6 is 11.8 Å². The Kier molecular flexibility index (Phi) is 5.45. The van der Waals surface area contributed by atoms with Gasteiger partial charge >= 0.3 is 0 Å². The number of anilines is 1. The lowest BCUT2D eigenvalue weighted by Crippen LogP contribution is -2.15. The first-order valence-electron chi connectivity index (χ1n) is 7.91. The van der Waals surface area contributed by atoms with Crippen molar-refractivity contribution in [2.24, 2.45) is 0 Å². The van der Waals surface area contributed by atoms with Gasteiger partial charge in [0.15, 0.2) is 0 Å². The number of hydrogen-bond acceptors (Lipinski definition) is 5. The standard InChI is InChI=1S/C18H19N5OS/c1-13-8-14(2)10-16(9-13)19-17(24)12-25-18-20-21-22-23(18)11-15-6-4-3-5-7-15/h3-10H,11-12H2,1-2H3,(H,19,24). The molecule has 128 valence electrons. The molecule has 0 unspecified atom stereocenters. The van der Waals surface area contributed by atoms with Crippen LogP contribution in [0.25, 0.3) is 0 Å². The number of nitrogens with zero attached hydrogens (tertiary/aromatic N) is 4. The van der Waals surface area contributed by atoms with Crippen LogP contribution in [-0.4, -0.2) is 31.9 Å². The fourth-order valence-electron chi connectivity index (χ4n) is 2.53. The summed E-state index contributed by atoms with van der Waals surface area (Å²) in [6, 6.07) is 15.9. The van der Waals surface area contributed by atoms with E-state index in [0.717, 1.165) is 22.4 Å². The van der Waals surface area contributed by atoms with Crippen molar-refractivity contribution in [1.82, 2.24) is 20.2 Å². The van der Waals surface area contributed by atoms with E-state index in [1.807, 2.05) is 56.3 Å². The molecule has 0 radical (unpaired) electrons. The molecule has 2 aromatic carbocycles. The normalized spacial score (nSPS) is 10.6. The smallest absolute Gasteiger partial charge is 0.234 e. The van der Waals surface area contributed by atoms with Crippen molar-refractivity contribution < 1.29 is 4.79 Å². The number of tetrazole rings is 1. The molecule has 7 heteroatoms. The molecule has 0 aliphatic rings. The minimum absolute atomic E-state index is 0.0794. The second-order valence-electron chi connectivity index (χ2n) is 5.82. The number of amides is 1. The van der Waals surface area contributed by atoms with Gasteiger partial charge in [-0.25, -0.2) is 4.68 Å². The molecule has 0 aliphatic heterocycles. The Morgan fingerprint density at radius 3 is 2.56 bits per heavy atom. The predicted octanol–water partition coefficient (Wildman–Crippen LogP) is 3.07. The molecule has 0 bridgehead atoms. The molecule has 1 heterocycles. The van der Waals surface area contributed by atoms with Crippen molar-refractivity contribution in [1.29, 1.82) is 0 Å². The number of rotatable bonds is 6. The van der Waals surface area contributed by atoms with Crippen LogP contribution in [0.15, 0.2) is 53.7 Å². The second-order valence-corrected chi connectivity index (χ2v) is 6.76. The Bertz CT molecular complexity index is 843. The van der Waals surface area contributed by atoms with E-state index >= 15 is 0 Å². The number of carbonyl (C=O) groups excluding carboxylic acids is 1. The average molecular weight is 353 g/mol. The highest BCUT2D eigenvalue weighted by atomic mass is 32.2. The molecule has 3 rings (SSSR count). The maximum Gasteiger partial charge on any atom is 0.234 e. The van der Waals surface area contributed by atoms with Crippen molar-refractivity contribution in [2.75, 3.05) is 11.1 Å². The minimum Gasteiger partial charge on any atom is -0.325 e. The van der Waals surface area contributed by atoms with Crippen molar-refractivity contribution in [3.8, 4) is 0 Å². The summed E-state index contributed by atoms with van der Waals surface area (Å²) >= 11 is 1.32. The van der Waals surface area contributed by atoms with Gasteiger partial charge in [0.1, 0.15) is 0 Å². The van der Waals surface area contributed by atoms with Gasteiger partial charge in [0, 0.05) is 5.69 Å². The topological polar surface area (TPSA) is 72.7 Å². The van der Waals surface area contributed by atoms with Crippen LogP contribution in [0, 0.1) is 13.8 Å². The zero-order valence-corrected chi connectivity index (χ0v) is 15.0. The van der Waals surface area contributed by atoms with Gasteiger partial charge in [0.25, 0.3) is 0 Å². The van der Waals surface area contributed by atoms with Crippen LogP contribution in [0.5, 0.6) is 0 Å². The largest absolute Gasteiger partial charge is 0.325 e. The van der Waals surface area contributed by atoms with Gasteiger partial charge in [-0.3, -0.25) is 4.79 Å². The monoisotopic (exact) mass is 353 g/mol. The molecule has 0 saturated heterocycles. The van der Waals surface area contributed by atoms with E-state index in [9.17, 15) is 4.79 Å². The minimum atomic E-state index is -0.0794. The van der Waals surface area contributed by atoms with Gasteiger partial charge in [-0.15, -0.1) is 5.10 Å². The lowest BCUT2D eigenvalue weighted by molar-refractivity contribution is -0.113.